The Bertz CT molecular complexity index is 471. The predicted molar refractivity (Wildman–Crippen MR) is 87.2 cm³/mol. The van der Waals surface area contributed by atoms with E-state index in [2.05, 4.69) is 6.58 Å². The van der Waals surface area contributed by atoms with Gasteiger partial charge in [-0.25, -0.2) is 0 Å². The van der Waals surface area contributed by atoms with Crippen LogP contribution >= 0.6 is 0 Å². The Labute approximate surface area is 133 Å². The van der Waals surface area contributed by atoms with Crippen molar-refractivity contribution in [2.24, 2.45) is 5.92 Å². The fraction of sp³-hybridized carbons (Fsp3) is 0.526. The lowest BCUT2D eigenvalue weighted by Gasteiger charge is -2.30. The fourth-order valence-electron chi connectivity index (χ4n) is 3.18. The molecule has 0 saturated heterocycles. The highest BCUT2D eigenvalue weighted by Crippen LogP contribution is 2.32. The van der Waals surface area contributed by atoms with Gasteiger partial charge in [-0.2, -0.15) is 0 Å². The first-order chi connectivity index (χ1) is 10.6. The zero-order chi connectivity index (χ0) is 15.8. The Morgan fingerprint density at radius 3 is 2.50 bits per heavy atom. The average molecular weight is 302 g/mol. The molecule has 0 radical (unpaired) electrons. The molecule has 1 saturated carbocycles. The maximum Gasteiger partial charge on any atom is 0.309 e. The van der Waals surface area contributed by atoms with Crippen molar-refractivity contribution in [3.63, 3.8) is 0 Å². The maximum absolute atomic E-state index is 12.2. The first-order valence-corrected chi connectivity index (χ1v) is 8.17. The van der Waals surface area contributed by atoms with E-state index in [1.54, 1.807) is 6.08 Å². The molecule has 2 rings (SSSR count). The van der Waals surface area contributed by atoms with Crippen LogP contribution in [0.5, 0.6) is 0 Å². The third-order valence-electron chi connectivity index (χ3n) is 4.47. The van der Waals surface area contributed by atoms with E-state index in [-0.39, 0.29) is 11.9 Å². The molecule has 1 N–H and O–H groups in total. The number of ether oxygens (including phenoxy) is 1. The van der Waals surface area contributed by atoms with Gasteiger partial charge in [0, 0.05) is 0 Å². The van der Waals surface area contributed by atoms with Gasteiger partial charge in [-0.3, -0.25) is 4.79 Å². The number of carbonyl (C=O) groups is 1. The summed E-state index contributed by atoms with van der Waals surface area (Å²) in [5.74, 6) is -0.130. The smallest absolute Gasteiger partial charge is 0.309 e. The molecule has 0 aromatic heterocycles. The van der Waals surface area contributed by atoms with Gasteiger partial charge >= 0.3 is 5.97 Å². The first kappa shape index (κ1) is 16.8. The van der Waals surface area contributed by atoms with Crippen molar-refractivity contribution in [1.29, 1.82) is 0 Å². The lowest BCUT2D eigenvalue weighted by atomic mass is 9.81. The Hall–Kier alpha value is -1.61. The minimum atomic E-state index is -0.624. The van der Waals surface area contributed by atoms with Crippen LogP contribution in [0.1, 0.15) is 50.5 Å². The molecule has 0 spiro atoms. The van der Waals surface area contributed by atoms with Gasteiger partial charge in [0.25, 0.3) is 0 Å². The van der Waals surface area contributed by atoms with Crippen LogP contribution in [0.4, 0.5) is 0 Å². The molecule has 1 aromatic rings. The van der Waals surface area contributed by atoms with Gasteiger partial charge in [0.05, 0.1) is 11.5 Å². The number of esters is 1. The minimum Gasteiger partial charge on any atom is -0.461 e. The van der Waals surface area contributed by atoms with Gasteiger partial charge in [0.2, 0.25) is 0 Å². The molecule has 0 amide bonds. The van der Waals surface area contributed by atoms with Crippen LogP contribution in [-0.4, -0.2) is 16.7 Å². The fourth-order valence-corrected chi connectivity index (χ4v) is 3.18. The first-order valence-electron chi connectivity index (χ1n) is 8.17. The van der Waals surface area contributed by atoms with E-state index in [1.807, 2.05) is 30.3 Å². The van der Waals surface area contributed by atoms with E-state index in [0.717, 1.165) is 44.1 Å². The average Bonchev–Trinajstić information content (AvgIpc) is 2.50. The van der Waals surface area contributed by atoms with Crippen molar-refractivity contribution < 1.29 is 14.6 Å². The molecule has 120 valence electrons. The second-order valence-corrected chi connectivity index (χ2v) is 6.29. The molecule has 1 aliphatic rings. The molecule has 22 heavy (non-hydrogen) atoms. The lowest BCUT2D eigenvalue weighted by molar-refractivity contribution is -0.151. The Kier molecular flexibility index (Phi) is 6.20. The Morgan fingerprint density at radius 1 is 1.27 bits per heavy atom. The molecule has 0 aliphatic heterocycles. The minimum absolute atomic E-state index is 0.0306. The summed E-state index contributed by atoms with van der Waals surface area (Å²) < 4.78 is 5.45. The van der Waals surface area contributed by atoms with Crippen molar-refractivity contribution >= 4 is 5.97 Å². The van der Waals surface area contributed by atoms with Crippen molar-refractivity contribution in [2.75, 3.05) is 0 Å². The summed E-state index contributed by atoms with van der Waals surface area (Å²) in [4.78, 5) is 12.2. The number of carbonyl (C=O) groups excluding carboxylic acids is 1. The standard InChI is InChI=1S/C19H26O3/c1-2-12-19(21)13-6-10-17(11-7-14-19)18(20)22-15-16-8-4-3-5-9-16/h2-5,8-9,17,21H,1,6-7,10-15H2. The third-order valence-corrected chi connectivity index (χ3v) is 4.47. The highest BCUT2D eigenvalue weighted by Gasteiger charge is 2.30. The van der Waals surface area contributed by atoms with Gasteiger partial charge in [-0.15, -0.1) is 6.58 Å². The van der Waals surface area contributed by atoms with E-state index in [1.165, 1.54) is 0 Å². The van der Waals surface area contributed by atoms with Crippen LogP contribution in [0.15, 0.2) is 43.0 Å². The normalized spacial score (nSPS) is 25.8. The number of aliphatic hydroxyl groups is 1. The molecule has 0 atom stereocenters. The number of hydrogen-bond acceptors (Lipinski definition) is 3. The molecule has 1 aliphatic carbocycles. The largest absolute Gasteiger partial charge is 0.461 e. The summed E-state index contributed by atoms with van der Waals surface area (Å²) in [6.07, 6.45) is 7.21. The quantitative estimate of drug-likeness (QED) is 0.660. The van der Waals surface area contributed by atoms with Crippen molar-refractivity contribution in [3.8, 4) is 0 Å². The molecular weight excluding hydrogens is 276 g/mol. The van der Waals surface area contributed by atoms with Gasteiger partial charge in [0.15, 0.2) is 0 Å². The highest BCUT2D eigenvalue weighted by atomic mass is 16.5. The summed E-state index contributed by atoms with van der Waals surface area (Å²) in [7, 11) is 0. The summed E-state index contributed by atoms with van der Waals surface area (Å²) in [5.41, 5.74) is 0.391. The second-order valence-electron chi connectivity index (χ2n) is 6.29. The van der Waals surface area contributed by atoms with Gasteiger partial charge in [-0.05, 0) is 50.5 Å². The predicted octanol–water partition coefficient (Wildman–Crippen LogP) is 4.01. The van der Waals surface area contributed by atoms with Crippen LogP contribution in [0.25, 0.3) is 0 Å². The zero-order valence-corrected chi connectivity index (χ0v) is 13.2. The summed E-state index contributed by atoms with van der Waals surface area (Å²) >= 11 is 0. The Morgan fingerprint density at radius 2 is 1.91 bits per heavy atom. The van der Waals surface area contributed by atoms with E-state index in [9.17, 15) is 9.90 Å². The summed E-state index contributed by atoms with van der Waals surface area (Å²) in [5, 5.41) is 10.5. The van der Waals surface area contributed by atoms with E-state index in [0.29, 0.717) is 13.0 Å². The van der Waals surface area contributed by atoms with Crippen LogP contribution in [0.2, 0.25) is 0 Å². The maximum atomic E-state index is 12.2. The molecule has 1 aromatic carbocycles. The van der Waals surface area contributed by atoms with Crippen molar-refractivity contribution in [2.45, 2.75) is 57.2 Å². The summed E-state index contributed by atoms with van der Waals surface area (Å²) in [6, 6.07) is 9.75. The molecule has 3 nitrogen and oxygen atoms in total. The van der Waals surface area contributed by atoms with Crippen LogP contribution in [-0.2, 0) is 16.1 Å². The summed E-state index contributed by atoms with van der Waals surface area (Å²) in [6.45, 7) is 4.06. The molecule has 1 fully saturated rings. The van der Waals surface area contributed by atoms with E-state index in [4.69, 9.17) is 4.74 Å². The number of rotatable bonds is 5. The SMILES string of the molecule is C=CCC1(O)CCCC(C(=O)OCc2ccccc2)CCC1. The number of benzene rings is 1. The molecule has 0 heterocycles. The topological polar surface area (TPSA) is 46.5 Å². The Balaban J connectivity index is 1.80. The van der Waals surface area contributed by atoms with Crippen LogP contribution < -0.4 is 0 Å². The second kappa shape index (κ2) is 8.14. The monoisotopic (exact) mass is 302 g/mol. The molecular formula is C19H26O3. The van der Waals surface area contributed by atoms with Crippen molar-refractivity contribution in [3.05, 3.63) is 48.6 Å². The third kappa shape index (κ3) is 4.99. The van der Waals surface area contributed by atoms with Crippen LogP contribution in [0, 0.1) is 5.92 Å². The van der Waals surface area contributed by atoms with Gasteiger partial charge < -0.3 is 9.84 Å². The molecule has 0 unspecified atom stereocenters. The van der Waals surface area contributed by atoms with E-state index >= 15 is 0 Å². The van der Waals surface area contributed by atoms with Gasteiger partial charge in [-0.1, -0.05) is 36.4 Å². The van der Waals surface area contributed by atoms with Crippen LogP contribution in [0.3, 0.4) is 0 Å². The lowest BCUT2D eigenvalue weighted by Crippen LogP contribution is -2.31. The number of hydrogen-bond donors (Lipinski definition) is 1. The highest BCUT2D eigenvalue weighted by molar-refractivity contribution is 5.72. The molecule has 0 bridgehead atoms. The van der Waals surface area contributed by atoms with Gasteiger partial charge in [0.1, 0.15) is 6.61 Å². The zero-order valence-electron chi connectivity index (χ0n) is 13.2. The van der Waals surface area contributed by atoms with E-state index < -0.39 is 5.60 Å². The van der Waals surface area contributed by atoms with Crippen molar-refractivity contribution in [1.82, 2.24) is 0 Å². The molecule has 3 heteroatoms.